The van der Waals surface area contributed by atoms with E-state index in [9.17, 15) is 8.78 Å². The maximum atomic E-state index is 14.9. The molecule has 0 spiro atoms. The zero-order valence-corrected chi connectivity index (χ0v) is 18.3. The Bertz CT molecular complexity index is 829. The fraction of sp³-hybridized carbons (Fsp3) is 0.586. The van der Waals surface area contributed by atoms with Crippen molar-refractivity contribution in [3.63, 3.8) is 0 Å². The molecule has 178 valence electrons. The van der Waals surface area contributed by atoms with E-state index >= 15 is 0 Å². The van der Waals surface area contributed by atoms with Gasteiger partial charge >= 0.3 is 0 Å². The lowest BCUT2D eigenvalue weighted by atomic mass is 9.79. The van der Waals surface area contributed by atoms with Crippen LogP contribution in [-0.2, 0) is 0 Å². The van der Waals surface area contributed by atoms with Crippen LogP contribution in [0.25, 0.3) is 11.1 Å². The zero-order chi connectivity index (χ0) is 21.1. The van der Waals surface area contributed by atoms with Crippen LogP contribution >= 0.6 is 0 Å². The van der Waals surface area contributed by atoms with Gasteiger partial charge in [-0.2, -0.15) is 0 Å². The summed E-state index contributed by atoms with van der Waals surface area (Å²) in [6.07, 6.45) is 9.11. The van der Waals surface area contributed by atoms with Crippen molar-refractivity contribution in [2.24, 2.45) is 17.8 Å². The van der Waals surface area contributed by atoms with Crippen LogP contribution in [0.5, 0.6) is 5.75 Å². The smallest absolute Gasteiger partial charge is 0.166 e. The highest BCUT2D eigenvalue weighted by atomic mass is 19.2. The van der Waals surface area contributed by atoms with Gasteiger partial charge in [0, 0.05) is 5.56 Å². The van der Waals surface area contributed by atoms with E-state index in [-0.39, 0.29) is 20.8 Å². The molecule has 2 saturated carbocycles. The van der Waals surface area contributed by atoms with Crippen LogP contribution in [0, 0.1) is 29.4 Å². The molecule has 1 nitrogen and oxygen atoms in total. The summed E-state index contributed by atoms with van der Waals surface area (Å²) in [5.74, 6) is 1.70. The lowest BCUT2D eigenvalue weighted by molar-refractivity contribution is 0.188. The molecule has 0 heterocycles. The predicted molar refractivity (Wildman–Crippen MR) is 132 cm³/mol. The van der Waals surface area contributed by atoms with Gasteiger partial charge in [0.2, 0.25) is 0 Å². The van der Waals surface area contributed by atoms with Crippen molar-refractivity contribution < 1.29 is 13.5 Å². The minimum absolute atomic E-state index is 0. The van der Waals surface area contributed by atoms with Gasteiger partial charge in [0.1, 0.15) is 5.75 Å². The van der Waals surface area contributed by atoms with E-state index in [0.29, 0.717) is 28.5 Å². The van der Waals surface area contributed by atoms with Crippen LogP contribution in [0.3, 0.4) is 0 Å². The highest BCUT2D eigenvalue weighted by Crippen LogP contribution is 2.39. The topological polar surface area (TPSA) is 9.23 Å². The van der Waals surface area contributed by atoms with Crippen LogP contribution in [0.4, 0.5) is 8.78 Å². The Kier molecular flexibility index (Phi) is 9.73. The highest BCUT2D eigenvalue weighted by Gasteiger charge is 2.25. The van der Waals surface area contributed by atoms with E-state index in [2.05, 4.69) is 13.8 Å². The quantitative estimate of drug-likeness (QED) is 0.446. The largest absolute Gasteiger partial charge is 0.493 e. The first kappa shape index (κ1) is 26.4. The number of hydrogen-bond acceptors (Lipinski definition) is 1. The Balaban J connectivity index is 0.00000181. The SMILES string of the molecule is C.C.CC1CCC(COc2ccc(-c3ccc(C4CCC(C)CC4)c(F)c3F)cc2)CC1. The first-order chi connectivity index (χ1) is 14.5. The van der Waals surface area contributed by atoms with Crippen LogP contribution in [0.15, 0.2) is 36.4 Å². The molecule has 0 aromatic heterocycles. The fourth-order valence-electron chi connectivity index (χ4n) is 5.11. The van der Waals surface area contributed by atoms with Crippen molar-refractivity contribution in [3.05, 3.63) is 53.6 Å². The third kappa shape index (κ3) is 6.11. The monoisotopic (exact) mass is 444 g/mol. The molecule has 2 fully saturated rings. The normalized spacial score (nSPS) is 25.4. The Hall–Kier alpha value is -1.90. The van der Waals surface area contributed by atoms with Crippen LogP contribution in [-0.4, -0.2) is 6.61 Å². The molecule has 2 aromatic rings. The molecule has 32 heavy (non-hydrogen) atoms. The summed E-state index contributed by atoms with van der Waals surface area (Å²) < 4.78 is 35.7. The van der Waals surface area contributed by atoms with E-state index in [1.165, 1.54) is 25.7 Å². The van der Waals surface area contributed by atoms with Gasteiger partial charge in [-0.25, -0.2) is 8.78 Å². The molecule has 2 aliphatic carbocycles. The van der Waals surface area contributed by atoms with Crippen molar-refractivity contribution in [1.82, 2.24) is 0 Å². The molecule has 0 N–H and O–H groups in total. The Labute approximate surface area is 194 Å². The van der Waals surface area contributed by atoms with Crippen molar-refractivity contribution in [1.29, 1.82) is 0 Å². The second-order valence-electron chi connectivity index (χ2n) is 9.75. The van der Waals surface area contributed by atoms with E-state index in [1.54, 1.807) is 12.1 Å². The summed E-state index contributed by atoms with van der Waals surface area (Å²) in [6.45, 7) is 5.29. The molecule has 0 unspecified atom stereocenters. The molecular weight excluding hydrogens is 402 g/mol. The van der Waals surface area contributed by atoms with Gasteiger partial charge in [-0.05, 0) is 72.6 Å². The zero-order valence-electron chi connectivity index (χ0n) is 18.3. The average molecular weight is 445 g/mol. The lowest BCUT2D eigenvalue weighted by Gasteiger charge is -2.27. The van der Waals surface area contributed by atoms with Crippen molar-refractivity contribution >= 4 is 0 Å². The fourth-order valence-corrected chi connectivity index (χ4v) is 5.11. The summed E-state index contributed by atoms with van der Waals surface area (Å²) in [5.41, 5.74) is 1.56. The molecule has 3 heteroatoms. The number of ether oxygens (including phenoxy) is 1. The second kappa shape index (κ2) is 11.8. The molecule has 2 aromatic carbocycles. The highest BCUT2D eigenvalue weighted by molar-refractivity contribution is 5.65. The van der Waals surface area contributed by atoms with E-state index in [0.717, 1.165) is 44.0 Å². The number of halogens is 2. The van der Waals surface area contributed by atoms with Gasteiger partial charge in [0.05, 0.1) is 6.61 Å². The van der Waals surface area contributed by atoms with Crippen LogP contribution < -0.4 is 4.74 Å². The molecule has 0 aliphatic heterocycles. The molecule has 0 amide bonds. The molecule has 0 radical (unpaired) electrons. The van der Waals surface area contributed by atoms with E-state index in [4.69, 9.17) is 4.74 Å². The Morgan fingerprint density at radius 1 is 0.719 bits per heavy atom. The predicted octanol–water partition coefficient (Wildman–Crippen LogP) is 9.40. The molecule has 0 bridgehead atoms. The summed E-state index contributed by atoms with van der Waals surface area (Å²) in [4.78, 5) is 0. The van der Waals surface area contributed by atoms with Gasteiger partial charge in [0.25, 0.3) is 0 Å². The number of hydrogen-bond donors (Lipinski definition) is 0. The van der Waals surface area contributed by atoms with Crippen LogP contribution in [0.1, 0.15) is 91.5 Å². The maximum Gasteiger partial charge on any atom is 0.166 e. The van der Waals surface area contributed by atoms with E-state index in [1.807, 2.05) is 24.3 Å². The third-order valence-corrected chi connectivity index (χ3v) is 7.35. The van der Waals surface area contributed by atoms with Gasteiger partial charge in [-0.15, -0.1) is 0 Å². The van der Waals surface area contributed by atoms with Crippen molar-refractivity contribution in [2.75, 3.05) is 6.61 Å². The van der Waals surface area contributed by atoms with Crippen molar-refractivity contribution in [3.8, 4) is 16.9 Å². The summed E-state index contributed by atoms with van der Waals surface area (Å²) >= 11 is 0. The molecule has 0 atom stereocenters. The third-order valence-electron chi connectivity index (χ3n) is 7.35. The molecule has 4 rings (SSSR count). The maximum absolute atomic E-state index is 14.9. The summed E-state index contributed by atoms with van der Waals surface area (Å²) in [5, 5.41) is 0. The second-order valence-corrected chi connectivity index (χ2v) is 9.75. The number of rotatable bonds is 5. The van der Waals surface area contributed by atoms with Gasteiger partial charge in [-0.1, -0.05) is 78.6 Å². The van der Waals surface area contributed by atoms with Crippen LogP contribution in [0.2, 0.25) is 0 Å². The van der Waals surface area contributed by atoms with Crippen molar-refractivity contribution in [2.45, 2.75) is 86.0 Å². The Morgan fingerprint density at radius 2 is 1.28 bits per heavy atom. The Morgan fingerprint density at radius 3 is 1.88 bits per heavy atom. The molecule has 0 saturated heterocycles. The first-order valence-electron chi connectivity index (χ1n) is 11.7. The summed E-state index contributed by atoms with van der Waals surface area (Å²) in [7, 11) is 0. The number of benzene rings is 2. The standard InChI is InChI=1S/C27H34F2O.2CH4/c1-18-3-7-20(8-4-18)17-30-23-13-11-22(12-14-23)25-16-15-24(26(28)27(25)29)21-9-5-19(2)6-10-21;;/h11-16,18-21H,3-10,17H2,1-2H3;2*1H4. The first-order valence-corrected chi connectivity index (χ1v) is 11.7. The minimum atomic E-state index is -0.726. The summed E-state index contributed by atoms with van der Waals surface area (Å²) in [6, 6.07) is 10.9. The van der Waals surface area contributed by atoms with E-state index < -0.39 is 11.6 Å². The average Bonchev–Trinajstić information content (AvgIpc) is 2.76. The molecular formula is C29H42F2O. The van der Waals surface area contributed by atoms with Gasteiger partial charge in [0.15, 0.2) is 11.6 Å². The van der Waals surface area contributed by atoms with Gasteiger partial charge < -0.3 is 4.74 Å². The molecule has 2 aliphatic rings. The minimum Gasteiger partial charge on any atom is -0.493 e. The van der Waals surface area contributed by atoms with Gasteiger partial charge in [-0.3, -0.25) is 0 Å². The lowest BCUT2D eigenvalue weighted by Crippen LogP contribution is -2.18.